The van der Waals surface area contributed by atoms with E-state index in [1.165, 1.54) is 64.3 Å². The second-order valence-corrected chi connectivity index (χ2v) is 6.93. The number of nitrogens with zero attached hydrogens (tertiary/aromatic N) is 1. The third-order valence-electron chi connectivity index (χ3n) is 5.27. The van der Waals surface area contributed by atoms with Gasteiger partial charge in [0.2, 0.25) is 0 Å². The van der Waals surface area contributed by atoms with Crippen LogP contribution in [0.2, 0.25) is 0 Å². The third-order valence-corrected chi connectivity index (χ3v) is 5.27. The van der Waals surface area contributed by atoms with E-state index in [1.54, 1.807) is 0 Å². The van der Waals surface area contributed by atoms with Crippen molar-refractivity contribution in [3.8, 4) is 0 Å². The summed E-state index contributed by atoms with van der Waals surface area (Å²) in [6.45, 7) is 3.65. The van der Waals surface area contributed by atoms with Gasteiger partial charge in [-0.3, -0.25) is 0 Å². The van der Waals surface area contributed by atoms with Gasteiger partial charge in [-0.15, -0.1) is 0 Å². The Hall–Kier alpha value is -0.0800. The minimum absolute atomic E-state index is 0.455. The van der Waals surface area contributed by atoms with Crippen molar-refractivity contribution in [3.63, 3.8) is 0 Å². The van der Waals surface area contributed by atoms with Crippen molar-refractivity contribution < 1.29 is 0 Å². The van der Waals surface area contributed by atoms with Gasteiger partial charge in [-0.1, -0.05) is 39.0 Å². The lowest BCUT2D eigenvalue weighted by Gasteiger charge is -2.37. The highest BCUT2D eigenvalue weighted by atomic mass is 15.1. The fourth-order valence-electron chi connectivity index (χ4n) is 3.96. The Kier molecular flexibility index (Phi) is 5.50. The molecule has 0 bridgehead atoms. The number of hydrogen-bond donors (Lipinski definition) is 1. The molecule has 2 saturated carbocycles. The minimum Gasteiger partial charge on any atom is -0.327 e. The first-order valence-corrected chi connectivity index (χ1v) is 8.12. The molecule has 0 amide bonds. The second kappa shape index (κ2) is 6.91. The molecule has 2 aliphatic rings. The van der Waals surface area contributed by atoms with Crippen LogP contribution in [0.25, 0.3) is 0 Å². The molecule has 0 saturated heterocycles. The van der Waals surface area contributed by atoms with Gasteiger partial charge in [0.25, 0.3) is 0 Å². The van der Waals surface area contributed by atoms with E-state index >= 15 is 0 Å². The van der Waals surface area contributed by atoms with E-state index in [-0.39, 0.29) is 0 Å². The van der Waals surface area contributed by atoms with Crippen LogP contribution in [0.3, 0.4) is 0 Å². The van der Waals surface area contributed by atoms with E-state index in [0.717, 1.165) is 17.9 Å². The van der Waals surface area contributed by atoms with Crippen molar-refractivity contribution in [1.82, 2.24) is 4.90 Å². The van der Waals surface area contributed by atoms with E-state index < -0.39 is 0 Å². The molecule has 0 aromatic heterocycles. The van der Waals surface area contributed by atoms with Crippen LogP contribution in [-0.2, 0) is 0 Å². The van der Waals surface area contributed by atoms with Crippen LogP contribution in [0.1, 0.15) is 64.7 Å². The lowest BCUT2D eigenvalue weighted by atomic mass is 9.85. The van der Waals surface area contributed by atoms with Gasteiger partial charge in [0.15, 0.2) is 0 Å². The lowest BCUT2D eigenvalue weighted by Crippen LogP contribution is -2.43. The van der Waals surface area contributed by atoms with Crippen LogP contribution in [0.5, 0.6) is 0 Å². The largest absolute Gasteiger partial charge is 0.327 e. The van der Waals surface area contributed by atoms with Gasteiger partial charge in [0, 0.05) is 18.6 Å². The average molecular weight is 252 g/mol. The molecule has 18 heavy (non-hydrogen) atoms. The van der Waals surface area contributed by atoms with E-state index in [4.69, 9.17) is 5.73 Å². The normalized spacial score (nSPS) is 38.7. The molecule has 106 valence electrons. The van der Waals surface area contributed by atoms with Gasteiger partial charge in [0.1, 0.15) is 0 Å². The molecule has 2 rings (SSSR count). The standard InChI is InChI=1S/C16H32N2/c1-13-7-6-9-15(11-13)18(2)12-14-8-4-3-5-10-16(14)17/h13-16H,3-12,17H2,1-2H3. The highest BCUT2D eigenvalue weighted by Crippen LogP contribution is 2.29. The van der Waals surface area contributed by atoms with Crippen molar-refractivity contribution in [1.29, 1.82) is 0 Å². The number of hydrogen-bond acceptors (Lipinski definition) is 2. The van der Waals surface area contributed by atoms with Gasteiger partial charge in [-0.2, -0.15) is 0 Å². The van der Waals surface area contributed by atoms with Crippen LogP contribution < -0.4 is 5.73 Å². The van der Waals surface area contributed by atoms with Crippen molar-refractivity contribution in [2.75, 3.05) is 13.6 Å². The van der Waals surface area contributed by atoms with Crippen LogP contribution in [-0.4, -0.2) is 30.6 Å². The molecule has 2 fully saturated rings. The molecule has 0 aromatic carbocycles. The van der Waals surface area contributed by atoms with Gasteiger partial charge >= 0.3 is 0 Å². The lowest BCUT2D eigenvalue weighted by molar-refractivity contribution is 0.134. The van der Waals surface area contributed by atoms with Crippen LogP contribution in [0.15, 0.2) is 0 Å². The Morgan fingerprint density at radius 1 is 1.00 bits per heavy atom. The summed E-state index contributed by atoms with van der Waals surface area (Å²) in [5, 5.41) is 0. The topological polar surface area (TPSA) is 29.3 Å². The molecule has 2 aliphatic carbocycles. The number of rotatable bonds is 3. The summed E-state index contributed by atoms with van der Waals surface area (Å²) in [4.78, 5) is 2.63. The molecular formula is C16H32N2. The summed E-state index contributed by atoms with van der Waals surface area (Å²) in [6.07, 6.45) is 12.4. The van der Waals surface area contributed by atoms with Crippen molar-refractivity contribution in [3.05, 3.63) is 0 Å². The van der Waals surface area contributed by atoms with E-state index in [1.807, 2.05) is 0 Å². The maximum Gasteiger partial charge on any atom is 0.00948 e. The van der Waals surface area contributed by atoms with Crippen LogP contribution >= 0.6 is 0 Å². The molecule has 2 nitrogen and oxygen atoms in total. The quantitative estimate of drug-likeness (QED) is 0.780. The zero-order valence-electron chi connectivity index (χ0n) is 12.4. The summed E-state index contributed by atoms with van der Waals surface area (Å²) in [6, 6.07) is 1.28. The first-order chi connectivity index (χ1) is 8.66. The molecule has 4 atom stereocenters. The maximum absolute atomic E-state index is 6.36. The Balaban J connectivity index is 1.83. The molecular weight excluding hydrogens is 220 g/mol. The Morgan fingerprint density at radius 2 is 1.78 bits per heavy atom. The predicted octanol–water partition coefficient (Wildman–Crippen LogP) is 3.40. The molecule has 0 aliphatic heterocycles. The van der Waals surface area contributed by atoms with E-state index in [0.29, 0.717) is 6.04 Å². The highest BCUT2D eigenvalue weighted by molar-refractivity contribution is 4.83. The van der Waals surface area contributed by atoms with Crippen LogP contribution in [0, 0.1) is 11.8 Å². The van der Waals surface area contributed by atoms with Gasteiger partial charge in [-0.05, 0) is 44.6 Å². The Labute approximate surface area is 113 Å². The van der Waals surface area contributed by atoms with Crippen LogP contribution in [0.4, 0.5) is 0 Å². The average Bonchev–Trinajstić information content (AvgIpc) is 2.55. The molecule has 0 radical (unpaired) electrons. The summed E-state index contributed by atoms with van der Waals surface area (Å²) in [5.41, 5.74) is 6.36. The zero-order chi connectivity index (χ0) is 13.0. The fourth-order valence-corrected chi connectivity index (χ4v) is 3.96. The molecule has 2 heteroatoms. The molecule has 0 aromatic rings. The van der Waals surface area contributed by atoms with Crippen molar-refractivity contribution in [2.45, 2.75) is 76.8 Å². The Bertz CT molecular complexity index is 241. The summed E-state index contributed by atoms with van der Waals surface area (Å²) in [7, 11) is 2.33. The highest BCUT2D eigenvalue weighted by Gasteiger charge is 2.27. The predicted molar refractivity (Wildman–Crippen MR) is 78.6 cm³/mol. The molecule has 4 unspecified atom stereocenters. The van der Waals surface area contributed by atoms with Gasteiger partial charge in [0.05, 0.1) is 0 Å². The smallest absolute Gasteiger partial charge is 0.00948 e. The second-order valence-electron chi connectivity index (χ2n) is 6.93. The Morgan fingerprint density at radius 3 is 2.56 bits per heavy atom. The molecule has 0 spiro atoms. The monoisotopic (exact) mass is 252 g/mol. The first-order valence-electron chi connectivity index (χ1n) is 8.12. The third kappa shape index (κ3) is 3.96. The maximum atomic E-state index is 6.36. The molecule has 0 heterocycles. The van der Waals surface area contributed by atoms with Gasteiger partial charge in [-0.25, -0.2) is 0 Å². The van der Waals surface area contributed by atoms with Crippen molar-refractivity contribution in [2.24, 2.45) is 17.6 Å². The van der Waals surface area contributed by atoms with E-state index in [9.17, 15) is 0 Å². The minimum atomic E-state index is 0.455. The summed E-state index contributed by atoms with van der Waals surface area (Å²) >= 11 is 0. The SMILES string of the molecule is CC1CCCC(N(C)CC2CCCCCC2N)C1. The first kappa shape index (κ1) is 14.3. The number of nitrogens with two attached hydrogens (primary N) is 1. The molecule has 2 N–H and O–H groups in total. The van der Waals surface area contributed by atoms with E-state index in [2.05, 4.69) is 18.9 Å². The summed E-state index contributed by atoms with van der Waals surface area (Å²) in [5.74, 6) is 1.67. The fraction of sp³-hybridized carbons (Fsp3) is 1.00. The van der Waals surface area contributed by atoms with Crippen molar-refractivity contribution >= 4 is 0 Å². The summed E-state index contributed by atoms with van der Waals surface area (Å²) < 4.78 is 0. The zero-order valence-corrected chi connectivity index (χ0v) is 12.4. The van der Waals surface area contributed by atoms with Gasteiger partial charge < -0.3 is 10.6 Å².